The van der Waals surface area contributed by atoms with Crippen molar-refractivity contribution in [1.82, 2.24) is 15.0 Å². The van der Waals surface area contributed by atoms with Gasteiger partial charge in [0.05, 0.1) is 18.9 Å². The average molecular weight is 409 g/mol. The topological polar surface area (TPSA) is 115 Å². The zero-order valence-electron chi connectivity index (χ0n) is 15.2. The van der Waals surface area contributed by atoms with Crippen molar-refractivity contribution in [2.24, 2.45) is 0 Å². The van der Waals surface area contributed by atoms with Crippen molar-refractivity contribution < 1.29 is 22.7 Å². The molecule has 9 heteroatoms. The number of benzene rings is 2. The van der Waals surface area contributed by atoms with Gasteiger partial charge in [-0.05, 0) is 48.5 Å². The maximum absolute atomic E-state index is 12.9. The van der Waals surface area contributed by atoms with Crippen LogP contribution in [0.2, 0.25) is 0 Å². The molecule has 0 saturated heterocycles. The second-order valence-electron chi connectivity index (χ2n) is 5.95. The molecule has 0 aliphatic carbocycles. The van der Waals surface area contributed by atoms with Crippen LogP contribution in [0.15, 0.2) is 81.6 Å². The number of methoxy groups -OCH3 is 1. The Hall–Kier alpha value is -3.72. The van der Waals surface area contributed by atoms with E-state index in [0.29, 0.717) is 11.3 Å². The first-order valence-corrected chi connectivity index (χ1v) is 9.95. The molecule has 0 aliphatic heterocycles. The van der Waals surface area contributed by atoms with Crippen LogP contribution in [0.25, 0.3) is 22.8 Å². The third kappa shape index (κ3) is 3.55. The molecule has 4 rings (SSSR count). The summed E-state index contributed by atoms with van der Waals surface area (Å²) in [5.74, 6) is 0.702. The number of nitrogens with zero attached hydrogens (tertiary/aromatic N) is 3. The van der Waals surface area contributed by atoms with E-state index in [1.165, 1.54) is 24.5 Å². The molecule has 0 bridgehead atoms. The molecule has 29 heavy (non-hydrogen) atoms. The van der Waals surface area contributed by atoms with Crippen LogP contribution < -0.4 is 4.74 Å². The number of furan rings is 1. The molecule has 0 atom stereocenters. The second-order valence-corrected chi connectivity index (χ2v) is 7.72. The number of phenolic OH excluding ortho intramolecular Hbond substituents is 1. The largest absolute Gasteiger partial charge is 0.507 e. The number of para-hydroxylation sites is 1. The highest BCUT2D eigenvalue weighted by Crippen LogP contribution is 2.30. The molecule has 0 saturated carbocycles. The molecule has 4 aromatic rings. The normalized spacial score (nSPS) is 11.3. The fraction of sp³-hybridized carbons (Fsp3) is 0.0500. The summed E-state index contributed by atoms with van der Waals surface area (Å²) < 4.78 is 36.0. The minimum atomic E-state index is -4.12. The molecule has 0 fully saturated rings. The first-order valence-electron chi connectivity index (χ1n) is 8.46. The molecular formula is C20H15N3O5S. The fourth-order valence-electron chi connectivity index (χ4n) is 2.64. The quantitative estimate of drug-likeness (QED) is 0.534. The zero-order chi connectivity index (χ0) is 20.4. The lowest BCUT2D eigenvalue weighted by Gasteiger charge is -2.09. The average Bonchev–Trinajstić information content (AvgIpc) is 3.30. The molecular weight excluding hydrogens is 394 g/mol. The number of rotatable bonds is 5. The molecule has 146 valence electrons. The number of ether oxygens (including phenoxy) is 1. The maximum atomic E-state index is 12.9. The van der Waals surface area contributed by atoms with Crippen LogP contribution >= 0.6 is 0 Å². The van der Waals surface area contributed by atoms with Crippen LogP contribution in [0.4, 0.5) is 0 Å². The summed E-state index contributed by atoms with van der Waals surface area (Å²) in [4.78, 5) is 12.6. The van der Waals surface area contributed by atoms with E-state index in [4.69, 9.17) is 9.15 Å². The van der Waals surface area contributed by atoms with E-state index < -0.39 is 15.0 Å². The minimum absolute atomic E-state index is 0.0223. The summed E-state index contributed by atoms with van der Waals surface area (Å²) in [7, 11) is -2.57. The molecule has 2 heterocycles. The van der Waals surface area contributed by atoms with E-state index in [1.54, 1.807) is 49.6 Å². The molecule has 0 amide bonds. The van der Waals surface area contributed by atoms with E-state index in [-0.39, 0.29) is 28.1 Å². The summed E-state index contributed by atoms with van der Waals surface area (Å²) >= 11 is 0. The highest BCUT2D eigenvalue weighted by atomic mass is 32.2. The first kappa shape index (κ1) is 18.6. The molecule has 0 aliphatic rings. The molecule has 2 aromatic heterocycles. The van der Waals surface area contributed by atoms with E-state index in [9.17, 15) is 13.5 Å². The van der Waals surface area contributed by atoms with Gasteiger partial charge in [-0.2, -0.15) is 9.97 Å². The number of aromatic nitrogens is 3. The number of hydrogen-bond acceptors (Lipinski definition) is 8. The SMILES string of the molecule is COc1ccc(-c2nc(-c3ccccc3O)nc(S(=O)(=O)c3ccco3)n2)cc1. The van der Waals surface area contributed by atoms with Crippen molar-refractivity contribution >= 4 is 9.84 Å². The van der Waals surface area contributed by atoms with Gasteiger partial charge >= 0.3 is 0 Å². The lowest BCUT2D eigenvalue weighted by atomic mass is 10.1. The van der Waals surface area contributed by atoms with Gasteiger partial charge < -0.3 is 14.3 Å². The van der Waals surface area contributed by atoms with Crippen LogP contribution in [0.1, 0.15) is 0 Å². The molecule has 1 N–H and O–H groups in total. The Morgan fingerprint density at radius 2 is 1.62 bits per heavy atom. The molecule has 8 nitrogen and oxygen atoms in total. The van der Waals surface area contributed by atoms with Crippen LogP contribution in [0.5, 0.6) is 11.5 Å². The van der Waals surface area contributed by atoms with E-state index in [2.05, 4.69) is 15.0 Å². The summed E-state index contributed by atoms with van der Waals surface area (Å²) in [6.07, 6.45) is 1.25. The van der Waals surface area contributed by atoms with Crippen molar-refractivity contribution in [2.45, 2.75) is 10.2 Å². The van der Waals surface area contributed by atoms with Gasteiger partial charge in [-0.25, -0.2) is 13.4 Å². The van der Waals surface area contributed by atoms with Gasteiger partial charge in [0.25, 0.3) is 15.0 Å². The van der Waals surface area contributed by atoms with Crippen molar-refractivity contribution in [3.63, 3.8) is 0 Å². The Balaban J connectivity index is 1.94. The summed E-state index contributed by atoms with van der Waals surface area (Å²) in [5, 5.41) is 9.42. The first-order chi connectivity index (χ1) is 14.0. The summed E-state index contributed by atoms with van der Waals surface area (Å²) in [6.45, 7) is 0. The van der Waals surface area contributed by atoms with E-state index in [0.717, 1.165) is 0 Å². The number of hydrogen-bond donors (Lipinski definition) is 1. The molecule has 0 radical (unpaired) electrons. The molecule has 0 unspecified atom stereocenters. The number of aromatic hydroxyl groups is 1. The van der Waals surface area contributed by atoms with Crippen LogP contribution in [-0.4, -0.2) is 35.6 Å². The number of phenols is 1. The van der Waals surface area contributed by atoms with E-state index in [1.807, 2.05) is 0 Å². The second kappa shape index (κ2) is 7.36. The third-order valence-corrected chi connectivity index (χ3v) is 5.53. The minimum Gasteiger partial charge on any atom is -0.507 e. The third-order valence-electron chi connectivity index (χ3n) is 4.11. The van der Waals surface area contributed by atoms with Gasteiger partial charge in [0.1, 0.15) is 11.5 Å². The van der Waals surface area contributed by atoms with Gasteiger partial charge in [0.2, 0.25) is 5.09 Å². The Morgan fingerprint density at radius 1 is 0.897 bits per heavy atom. The number of sulfone groups is 1. The van der Waals surface area contributed by atoms with E-state index >= 15 is 0 Å². The smallest absolute Gasteiger partial charge is 0.274 e. The van der Waals surface area contributed by atoms with Gasteiger partial charge in [0.15, 0.2) is 11.6 Å². The fourth-order valence-corrected chi connectivity index (χ4v) is 3.67. The van der Waals surface area contributed by atoms with Gasteiger partial charge in [-0.1, -0.05) is 12.1 Å². The van der Waals surface area contributed by atoms with Crippen molar-refractivity contribution in [2.75, 3.05) is 7.11 Å². The van der Waals surface area contributed by atoms with Crippen LogP contribution in [0, 0.1) is 0 Å². The lowest BCUT2D eigenvalue weighted by molar-refractivity contribution is 0.415. The van der Waals surface area contributed by atoms with Crippen molar-refractivity contribution in [3.05, 3.63) is 66.9 Å². The van der Waals surface area contributed by atoms with Crippen LogP contribution in [0.3, 0.4) is 0 Å². The predicted molar refractivity (Wildman–Crippen MR) is 103 cm³/mol. The van der Waals surface area contributed by atoms with Gasteiger partial charge in [0, 0.05) is 5.56 Å². The molecule has 0 spiro atoms. The summed E-state index contributed by atoms with van der Waals surface area (Å²) in [6, 6.07) is 16.0. The lowest BCUT2D eigenvalue weighted by Crippen LogP contribution is -2.10. The Bertz CT molecular complexity index is 1250. The van der Waals surface area contributed by atoms with Crippen molar-refractivity contribution in [3.8, 4) is 34.3 Å². The zero-order valence-corrected chi connectivity index (χ0v) is 16.0. The standard InChI is InChI=1S/C20H15N3O5S/c1-27-14-10-8-13(9-11-14)18-21-19(15-5-2-3-6-16(15)24)23-20(22-18)29(25,26)17-7-4-12-28-17/h2-12,24H,1H3. The Kier molecular flexibility index (Phi) is 4.73. The predicted octanol–water partition coefficient (Wildman–Crippen LogP) is 3.35. The van der Waals surface area contributed by atoms with Gasteiger partial charge in [-0.3, -0.25) is 0 Å². The van der Waals surface area contributed by atoms with Gasteiger partial charge in [-0.15, -0.1) is 0 Å². The van der Waals surface area contributed by atoms with Crippen LogP contribution in [-0.2, 0) is 9.84 Å². The summed E-state index contributed by atoms with van der Waals surface area (Å²) in [5.41, 5.74) is 0.835. The van der Waals surface area contributed by atoms with Crippen molar-refractivity contribution in [1.29, 1.82) is 0 Å². The highest BCUT2D eigenvalue weighted by Gasteiger charge is 2.27. The Morgan fingerprint density at radius 3 is 2.28 bits per heavy atom. The monoisotopic (exact) mass is 409 g/mol. The molecule has 2 aromatic carbocycles. The Labute approximate surface area is 166 Å². The maximum Gasteiger partial charge on any atom is 0.274 e. The highest BCUT2D eigenvalue weighted by molar-refractivity contribution is 7.91.